The Morgan fingerprint density at radius 3 is 2.18 bits per heavy atom. The van der Waals surface area contributed by atoms with Gasteiger partial charge in [0.1, 0.15) is 5.75 Å². The Bertz CT molecular complexity index is 1330. The fraction of sp³-hybridized carbons (Fsp3) is 0. The van der Waals surface area contributed by atoms with Gasteiger partial charge in [0.25, 0.3) is 17.3 Å². The zero-order valence-electron chi connectivity index (χ0n) is 16.8. The highest BCUT2D eigenvalue weighted by Crippen LogP contribution is 2.26. The van der Waals surface area contributed by atoms with Gasteiger partial charge in [-0.1, -0.05) is 23.2 Å². The van der Waals surface area contributed by atoms with E-state index in [-0.39, 0.29) is 38.8 Å². The predicted molar refractivity (Wildman–Crippen MR) is 123 cm³/mol. The van der Waals surface area contributed by atoms with Crippen molar-refractivity contribution in [3.05, 3.63) is 108 Å². The summed E-state index contributed by atoms with van der Waals surface area (Å²) in [4.78, 5) is 45.3. The molecule has 0 aliphatic heterocycles. The van der Waals surface area contributed by atoms with Crippen molar-refractivity contribution in [1.82, 2.24) is 5.43 Å². The molecule has 11 nitrogen and oxygen atoms in total. The molecule has 3 aromatic rings. The second-order valence-electron chi connectivity index (χ2n) is 6.50. The van der Waals surface area contributed by atoms with Crippen molar-refractivity contribution in [2.75, 3.05) is 0 Å². The number of hydrazone groups is 1. The normalized spacial score (nSPS) is 10.6. The molecule has 0 saturated carbocycles. The van der Waals surface area contributed by atoms with Crippen molar-refractivity contribution in [3.63, 3.8) is 0 Å². The van der Waals surface area contributed by atoms with Crippen LogP contribution in [0, 0.1) is 20.2 Å². The summed E-state index contributed by atoms with van der Waals surface area (Å²) in [6.45, 7) is 0. The van der Waals surface area contributed by atoms with E-state index in [2.05, 4.69) is 10.5 Å². The first-order chi connectivity index (χ1) is 16.2. The highest BCUT2D eigenvalue weighted by molar-refractivity contribution is 6.36. The van der Waals surface area contributed by atoms with Crippen LogP contribution in [0.3, 0.4) is 0 Å². The number of rotatable bonds is 7. The third-order valence-corrected chi connectivity index (χ3v) is 4.82. The number of non-ortho nitro benzene ring substituents is 2. The smallest absolute Gasteiger partial charge is 0.345 e. The largest absolute Gasteiger partial charge is 0.422 e. The second kappa shape index (κ2) is 10.5. The maximum Gasteiger partial charge on any atom is 0.345 e. The zero-order valence-corrected chi connectivity index (χ0v) is 18.3. The van der Waals surface area contributed by atoms with Gasteiger partial charge < -0.3 is 4.74 Å². The number of halogens is 2. The Labute approximate surface area is 200 Å². The molecule has 1 N–H and O–H groups in total. The number of hydrogen-bond acceptors (Lipinski definition) is 8. The minimum atomic E-state index is -0.847. The summed E-state index contributed by atoms with van der Waals surface area (Å²) in [6, 6.07) is 12.3. The molecule has 3 rings (SSSR count). The Balaban J connectivity index is 1.81. The van der Waals surface area contributed by atoms with E-state index in [1.165, 1.54) is 36.4 Å². The van der Waals surface area contributed by atoms with E-state index in [9.17, 15) is 29.8 Å². The van der Waals surface area contributed by atoms with Crippen LogP contribution in [0.25, 0.3) is 0 Å². The molecule has 3 aromatic carbocycles. The first-order valence-electron chi connectivity index (χ1n) is 9.19. The lowest BCUT2D eigenvalue weighted by atomic mass is 10.2. The van der Waals surface area contributed by atoms with Gasteiger partial charge in [0.05, 0.1) is 26.6 Å². The summed E-state index contributed by atoms with van der Waals surface area (Å²) in [5, 5.41) is 25.9. The summed E-state index contributed by atoms with van der Waals surface area (Å²) in [7, 11) is 0. The van der Waals surface area contributed by atoms with Crippen LogP contribution in [-0.4, -0.2) is 27.9 Å². The van der Waals surface area contributed by atoms with Gasteiger partial charge in [-0.3, -0.25) is 25.0 Å². The first-order valence-corrected chi connectivity index (χ1v) is 9.95. The number of carbonyl (C=O) groups is 2. The van der Waals surface area contributed by atoms with Crippen LogP contribution in [0.1, 0.15) is 26.3 Å². The van der Waals surface area contributed by atoms with Gasteiger partial charge in [0, 0.05) is 40.4 Å². The maximum atomic E-state index is 12.5. The Hall–Kier alpha value is -4.35. The SMILES string of the molecule is O=C(N/N=C/c1cc([N+](=O)[O-])ccc1OC(=O)c1ccc(Cl)cc1Cl)c1ccc([N+](=O)[O-])cc1. The van der Waals surface area contributed by atoms with Gasteiger partial charge in [0.2, 0.25) is 0 Å². The van der Waals surface area contributed by atoms with Crippen LogP contribution in [0.5, 0.6) is 5.75 Å². The number of ether oxygens (including phenoxy) is 1. The number of hydrogen-bond donors (Lipinski definition) is 1. The molecule has 0 bridgehead atoms. The van der Waals surface area contributed by atoms with Crippen LogP contribution in [0.15, 0.2) is 65.8 Å². The number of amides is 1. The molecule has 0 saturated heterocycles. The van der Waals surface area contributed by atoms with Gasteiger partial charge in [0.15, 0.2) is 0 Å². The maximum absolute atomic E-state index is 12.5. The van der Waals surface area contributed by atoms with E-state index in [0.717, 1.165) is 30.5 Å². The number of nitrogens with zero attached hydrogens (tertiary/aromatic N) is 3. The van der Waals surface area contributed by atoms with Crippen molar-refractivity contribution in [2.24, 2.45) is 5.10 Å². The van der Waals surface area contributed by atoms with Gasteiger partial charge in [-0.15, -0.1) is 0 Å². The molecular formula is C21H12Cl2N4O7. The molecule has 0 spiro atoms. The third kappa shape index (κ3) is 5.91. The lowest BCUT2D eigenvalue weighted by Crippen LogP contribution is -2.17. The van der Waals surface area contributed by atoms with Crippen molar-refractivity contribution >= 4 is 52.7 Å². The fourth-order valence-electron chi connectivity index (χ4n) is 2.61. The van der Waals surface area contributed by atoms with E-state index in [1.807, 2.05) is 0 Å². The molecule has 1 amide bonds. The predicted octanol–water partition coefficient (Wildman–Crippen LogP) is 4.79. The quantitative estimate of drug-likeness (QED) is 0.160. The van der Waals surface area contributed by atoms with E-state index >= 15 is 0 Å². The van der Waals surface area contributed by atoms with E-state index in [4.69, 9.17) is 27.9 Å². The van der Waals surface area contributed by atoms with Gasteiger partial charge in [-0.2, -0.15) is 5.10 Å². The molecule has 172 valence electrons. The molecular weight excluding hydrogens is 491 g/mol. The molecule has 0 radical (unpaired) electrons. The lowest BCUT2D eigenvalue weighted by molar-refractivity contribution is -0.385. The fourth-order valence-corrected chi connectivity index (χ4v) is 3.10. The molecule has 0 aliphatic rings. The molecule has 13 heteroatoms. The highest BCUT2D eigenvalue weighted by Gasteiger charge is 2.17. The van der Waals surface area contributed by atoms with Crippen LogP contribution < -0.4 is 10.2 Å². The number of nitro benzene ring substituents is 2. The average Bonchev–Trinajstić information content (AvgIpc) is 2.79. The average molecular weight is 503 g/mol. The van der Waals surface area contributed by atoms with Crippen molar-refractivity contribution in [1.29, 1.82) is 0 Å². The van der Waals surface area contributed by atoms with Gasteiger partial charge in [-0.25, -0.2) is 10.2 Å². The summed E-state index contributed by atoms with van der Waals surface area (Å²) in [5.41, 5.74) is 1.80. The first kappa shape index (κ1) is 24.3. The molecule has 34 heavy (non-hydrogen) atoms. The van der Waals surface area contributed by atoms with Crippen molar-refractivity contribution in [2.45, 2.75) is 0 Å². The van der Waals surface area contributed by atoms with Crippen LogP contribution in [-0.2, 0) is 0 Å². The summed E-state index contributed by atoms with van der Waals surface area (Å²) in [5.74, 6) is -1.63. The lowest BCUT2D eigenvalue weighted by Gasteiger charge is -2.09. The van der Waals surface area contributed by atoms with Crippen LogP contribution in [0.4, 0.5) is 11.4 Å². The molecule has 0 aliphatic carbocycles. The monoisotopic (exact) mass is 502 g/mol. The molecule has 0 unspecified atom stereocenters. The number of benzene rings is 3. The van der Waals surface area contributed by atoms with Gasteiger partial charge in [-0.05, 0) is 36.4 Å². The molecule has 0 fully saturated rings. The highest BCUT2D eigenvalue weighted by atomic mass is 35.5. The molecule has 0 heterocycles. The molecule has 0 aromatic heterocycles. The number of esters is 1. The number of nitro groups is 2. The Morgan fingerprint density at radius 2 is 1.56 bits per heavy atom. The van der Waals surface area contributed by atoms with E-state index in [1.54, 1.807) is 0 Å². The topological polar surface area (TPSA) is 154 Å². The molecule has 0 atom stereocenters. The van der Waals surface area contributed by atoms with Crippen molar-refractivity contribution in [3.8, 4) is 5.75 Å². The zero-order chi connectivity index (χ0) is 24.8. The van der Waals surface area contributed by atoms with Crippen molar-refractivity contribution < 1.29 is 24.2 Å². The standard InChI is InChI=1S/C21H12Cl2N4O7/c22-14-3-7-17(18(23)10-14)21(29)34-19-8-6-16(27(32)33)9-13(19)11-24-25-20(28)12-1-4-15(5-2-12)26(30)31/h1-11H,(H,25,28)/b24-11+. The minimum absolute atomic E-state index is 0.0108. The Kier molecular flexibility index (Phi) is 7.51. The Morgan fingerprint density at radius 1 is 0.912 bits per heavy atom. The second-order valence-corrected chi connectivity index (χ2v) is 7.34. The van der Waals surface area contributed by atoms with E-state index in [0.29, 0.717) is 5.02 Å². The van der Waals surface area contributed by atoms with E-state index < -0.39 is 21.7 Å². The summed E-state index contributed by atoms with van der Waals surface area (Å²) < 4.78 is 5.31. The van der Waals surface area contributed by atoms with Crippen LogP contribution >= 0.6 is 23.2 Å². The number of nitrogens with one attached hydrogen (secondary N) is 1. The summed E-state index contributed by atoms with van der Waals surface area (Å²) in [6.07, 6.45) is 1.04. The summed E-state index contributed by atoms with van der Waals surface area (Å²) >= 11 is 11.8. The minimum Gasteiger partial charge on any atom is -0.422 e. The number of carbonyl (C=O) groups excluding carboxylic acids is 2. The van der Waals surface area contributed by atoms with Gasteiger partial charge >= 0.3 is 5.97 Å². The third-order valence-electron chi connectivity index (χ3n) is 4.27. The van der Waals surface area contributed by atoms with Crippen LogP contribution in [0.2, 0.25) is 10.0 Å².